The number of hydrogen-bond donors (Lipinski definition) is 0. The molecule has 0 aromatic heterocycles. The first-order valence-corrected chi connectivity index (χ1v) is 4.19. The largest absolute Gasteiger partial charge is 0.272 e. The number of rotatable bonds is 3. The SMILES string of the molecule is C#[N+][C@H](C)[C@H](CC)C1CC1. The van der Waals surface area contributed by atoms with Gasteiger partial charge in [-0.05, 0) is 25.2 Å². The molecule has 0 saturated heterocycles. The molecule has 0 aliphatic heterocycles. The molecule has 1 rings (SSSR count). The van der Waals surface area contributed by atoms with Crippen LogP contribution in [0.5, 0.6) is 0 Å². The minimum Gasteiger partial charge on any atom is -0.0836 e. The third kappa shape index (κ3) is 1.50. The van der Waals surface area contributed by atoms with Crippen LogP contribution in [0.2, 0.25) is 0 Å². The van der Waals surface area contributed by atoms with Crippen molar-refractivity contribution in [2.24, 2.45) is 11.8 Å². The highest BCUT2D eigenvalue weighted by atomic mass is 14.7. The van der Waals surface area contributed by atoms with Gasteiger partial charge in [0.05, 0.1) is 0 Å². The van der Waals surface area contributed by atoms with E-state index in [1.54, 1.807) is 0 Å². The Balaban J connectivity index is 2.40. The lowest BCUT2D eigenvalue weighted by molar-refractivity contribution is 0.414. The molecule has 1 aliphatic rings. The van der Waals surface area contributed by atoms with E-state index in [1.165, 1.54) is 19.3 Å². The Kier molecular flexibility index (Phi) is 2.32. The average Bonchev–Trinajstić information content (AvgIpc) is 2.73. The molecule has 1 saturated carbocycles. The summed E-state index contributed by atoms with van der Waals surface area (Å²) in [6, 6.07) is 0.373. The quantitative estimate of drug-likeness (QED) is 0.565. The maximum absolute atomic E-state index is 5.24. The molecule has 0 spiro atoms. The van der Waals surface area contributed by atoms with Crippen molar-refractivity contribution in [2.75, 3.05) is 0 Å². The van der Waals surface area contributed by atoms with Crippen LogP contribution in [0.4, 0.5) is 0 Å². The summed E-state index contributed by atoms with van der Waals surface area (Å²) in [7, 11) is 0. The first-order chi connectivity index (χ1) is 4.79. The molecule has 2 atom stereocenters. The zero-order chi connectivity index (χ0) is 7.56. The van der Waals surface area contributed by atoms with Gasteiger partial charge < -0.3 is 0 Å². The molecule has 1 nitrogen and oxygen atoms in total. The van der Waals surface area contributed by atoms with E-state index in [0.29, 0.717) is 6.04 Å². The third-order valence-corrected chi connectivity index (χ3v) is 2.55. The summed E-state index contributed by atoms with van der Waals surface area (Å²) in [6.07, 6.45) is 4.03. The van der Waals surface area contributed by atoms with Crippen molar-refractivity contribution in [3.05, 3.63) is 4.85 Å². The molecule has 0 aromatic carbocycles. The predicted octanol–water partition coefficient (Wildman–Crippen LogP) is 2.77. The fourth-order valence-corrected chi connectivity index (χ4v) is 1.70. The van der Waals surface area contributed by atoms with Gasteiger partial charge in [-0.25, -0.2) is 0 Å². The molecule has 1 aliphatic carbocycles. The smallest absolute Gasteiger partial charge is 0.0836 e. The van der Waals surface area contributed by atoms with E-state index in [1.807, 2.05) is 0 Å². The minimum absolute atomic E-state index is 0.373. The molecule has 0 bridgehead atoms. The Morgan fingerprint density at radius 3 is 2.50 bits per heavy atom. The summed E-state index contributed by atoms with van der Waals surface area (Å²) < 4.78 is 0. The topological polar surface area (TPSA) is 4.36 Å². The fraction of sp³-hybridized carbons (Fsp3) is 0.889. The minimum atomic E-state index is 0.373. The Bertz CT molecular complexity index is 141. The summed E-state index contributed by atoms with van der Waals surface area (Å²) in [5, 5.41) is 0. The summed E-state index contributed by atoms with van der Waals surface area (Å²) in [6.45, 7) is 9.58. The first kappa shape index (κ1) is 7.60. The molecule has 0 amide bonds. The number of hydrogen-bond acceptors (Lipinski definition) is 0. The van der Waals surface area contributed by atoms with E-state index >= 15 is 0 Å². The average molecular weight is 138 g/mol. The van der Waals surface area contributed by atoms with Crippen LogP contribution < -0.4 is 0 Å². The Morgan fingerprint density at radius 1 is 1.60 bits per heavy atom. The molecule has 56 valence electrons. The zero-order valence-electron chi connectivity index (χ0n) is 6.88. The standard InChI is InChI=1S/C9H16N/c1-4-9(7(2)10-3)8-5-6-8/h3,7-9H,4-6H2,1-2H3/q+1/t7-,9+/m1/s1. The molecule has 0 heterocycles. The van der Waals surface area contributed by atoms with Crippen molar-refractivity contribution < 1.29 is 0 Å². The second-order valence-electron chi connectivity index (χ2n) is 3.30. The summed E-state index contributed by atoms with van der Waals surface area (Å²) in [5.74, 6) is 1.69. The van der Waals surface area contributed by atoms with Gasteiger partial charge in [0.1, 0.15) is 0 Å². The van der Waals surface area contributed by atoms with Crippen molar-refractivity contribution in [1.29, 1.82) is 0 Å². The lowest BCUT2D eigenvalue weighted by atomic mass is 9.94. The highest BCUT2D eigenvalue weighted by molar-refractivity contribution is 4.92. The van der Waals surface area contributed by atoms with Crippen molar-refractivity contribution in [3.63, 3.8) is 0 Å². The molecular weight excluding hydrogens is 122 g/mol. The van der Waals surface area contributed by atoms with Crippen LogP contribution in [0.1, 0.15) is 33.1 Å². The van der Waals surface area contributed by atoms with Crippen LogP contribution in [0.15, 0.2) is 0 Å². The second-order valence-corrected chi connectivity index (χ2v) is 3.30. The molecule has 0 N–H and O–H groups in total. The Labute approximate surface area is 63.3 Å². The lowest BCUT2D eigenvalue weighted by Gasteiger charge is -2.08. The Morgan fingerprint density at radius 2 is 2.20 bits per heavy atom. The predicted molar refractivity (Wildman–Crippen MR) is 44.3 cm³/mol. The van der Waals surface area contributed by atoms with E-state index < -0.39 is 0 Å². The van der Waals surface area contributed by atoms with Crippen molar-refractivity contribution >= 4 is 0 Å². The fourth-order valence-electron chi connectivity index (χ4n) is 1.70. The summed E-state index contributed by atoms with van der Waals surface area (Å²) in [5.41, 5.74) is 0. The van der Waals surface area contributed by atoms with E-state index in [2.05, 4.69) is 18.7 Å². The van der Waals surface area contributed by atoms with E-state index in [0.717, 1.165) is 11.8 Å². The van der Waals surface area contributed by atoms with Gasteiger partial charge in [0.15, 0.2) is 0 Å². The van der Waals surface area contributed by atoms with E-state index in [4.69, 9.17) is 6.57 Å². The van der Waals surface area contributed by atoms with Gasteiger partial charge in [0.25, 0.3) is 12.6 Å². The molecular formula is C9H16N+. The van der Waals surface area contributed by atoms with Gasteiger partial charge in [-0.1, -0.05) is 11.8 Å². The third-order valence-electron chi connectivity index (χ3n) is 2.55. The second kappa shape index (κ2) is 3.05. The summed E-state index contributed by atoms with van der Waals surface area (Å²) >= 11 is 0. The van der Waals surface area contributed by atoms with Gasteiger partial charge in [-0.15, -0.1) is 0 Å². The lowest BCUT2D eigenvalue weighted by Crippen LogP contribution is -2.14. The maximum atomic E-state index is 5.24. The normalized spacial score (nSPS) is 23.3. The van der Waals surface area contributed by atoms with Gasteiger partial charge in [0, 0.05) is 12.8 Å². The van der Waals surface area contributed by atoms with Crippen LogP contribution in [0, 0.1) is 18.4 Å². The Hall–Kier alpha value is -0.510. The summed E-state index contributed by atoms with van der Waals surface area (Å²) in [4.78, 5) is 3.82. The monoisotopic (exact) mass is 138 g/mol. The molecule has 0 aromatic rings. The van der Waals surface area contributed by atoms with Crippen LogP contribution in [0.25, 0.3) is 4.85 Å². The number of nitrogens with zero attached hydrogens (tertiary/aromatic N) is 1. The van der Waals surface area contributed by atoms with E-state index in [9.17, 15) is 0 Å². The van der Waals surface area contributed by atoms with Crippen molar-refractivity contribution in [1.82, 2.24) is 0 Å². The van der Waals surface area contributed by atoms with Crippen LogP contribution in [-0.4, -0.2) is 6.04 Å². The van der Waals surface area contributed by atoms with Crippen molar-refractivity contribution in [2.45, 2.75) is 39.2 Å². The van der Waals surface area contributed by atoms with Crippen LogP contribution in [-0.2, 0) is 0 Å². The first-order valence-electron chi connectivity index (χ1n) is 4.19. The van der Waals surface area contributed by atoms with Gasteiger partial charge in [0.2, 0.25) is 0 Å². The molecule has 1 heteroatoms. The van der Waals surface area contributed by atoms with Crippen molar-refractivity contribution in [3.8, 4) is 6.57 Å². The van der Waals surface area contributed by atoms with Gasteiger partial charge in [-0.3, -0.25) is 0 Å². The zero-order valence-corrected chi connectivity index (χ0v) is 6.88. The molecule has 1 fully saturated rings. The molecule has 0 unspecified atom stereocenters. The molecule has 0 radical (unpaired) electrons. The van der Waals surface area contributed by atoms with Gasteiger partial charge >= 0.3 is 0 Å². The van der Waals surface area contributed by atoms with Crippen LogP contribution in [0.3, 0.4) is 0 Å². The van der Waals surface area contributed by atoms with Gasteiger partial charge in [-0.2, -0.15) is 0 Å². The van der Waals surface area contributed by atoms with Crippen LogP contribution >= 0.6 is 0 Å². The molecule has 10 heavy (non-hydrogen) atoms. The highest BCUT2D eigenvalue weighted by Gasteiger charge is 2.37. The maximum Gasteiger partial charge on any atom is 0.272 e. The highest BCUT2D eigenvalue weighted by Crippen LogP contribution is 2.40. The van der Waals surface area contributed by atoms with E-state index in [-0.39, 0.29) is 0 Å².